The number of halogens is 1. The molecule has 1 aromatic carbocycles. The molecule has 0 aliphatic heterocycles. The maximum Gasteiger partial charge on any atom is 0.309 e. The van der Waals surface area contributed by atoms with Gasteiger partial charge in [0.1, 0.15) is 5.82 Å². The third-order valence-electron chi connectivity index (χ3n) is 2.93. The molecule has 1 aromatic heterocycles. The standard InChI is InChI=1S/C15H14FNO3/c1-20-15(19)9-11-5-6-12(13(16)8-11)10-17-7-3-2-4-14(17)18/h2-8H,9-10H2,1H3. The lowest BCUT2D eigenvalue weighted by atomic mass is 10.1. The quantitative estimate of drug-likeness (QED) is 0.799. The molecule has 0 aliphatic carbocycles. The summed E-state index contributed by atoms with van der Waals surface area (Å²) in [6, 6.07) is 9.29. The molecule has 0 amide bonds. The van der Waals surface area contributed by atoms with Crippen molar-refractivity contribution in [2.24, 2.45) is 0 Å². The van der Waals surface area contributed by atoms with E-state index in [2.05, 4.69) is 4.74 Å². The average Bonchev–Trinajstić information content (AvgIpc) is 2.44. The number of rotatable bonds is 4. The first-order chi connectivity index (χ1) is 9.60. The van der Waals surface area contributed by atoms with Gasteiger partial charge >= 0.3 is 5.97 Å². The van der Waals surface area contributed by atoms with E-state index in [-0.39, 0.29) is 18.5 Å². The Labute approximate surface area is 115 Å². The number of carbonyl (C=O) groups is 1. The fraction of sp³-hybridized carbons (Fsp3) is 0.200. The first-order valence-corrected chi connectivity index (χ1v) is 6.10. The largest absolute Gasteiger partial charge is 0.469 e. The highest BCUT2D eigenvalue weighted by atomic mass is 19.1. The summed E-state index contributed by atoms with van der Waals surface area (Å²) in [4.78, 5) is 22.7. The molecule has 0 unspecified atom stereocenters. The number of esters is 1. The van der Waals surface area contributed by atoms with Gasteiger partial charge in [-0.15, -0.1) is 0 Å². The van der Waals surface area contributed by atoms with E-state index in [1.165, 1.54) is 23.8 Å². The van der Waals surface area contributed by atoms with Gasteiger partial charge in [-0.3, -0.25) is 9.59 Å². The topological polar surface area (TPSA) is 48.3 Å². The molecule has 5 heteroatoms. The van der Waals surface area contributed by atoms with Gasteiger partial charge in [0.05, 0.1) is 20.1 Å². The van der Waals surface area contributed by atoms with Crippen LogP contribution in [0.5, 0.6) is 0 Å². The molecule has 1 heterocycles. The summed E-state index contributed by atoms with van der Waals surface area (Å²) in [7, 11) is 1.29. The van der Waals surface area contributed by atoms with Gasteiger partial charge < -0.3 is 9.30 Å². The lowest BCUT2D eigenvalue weighted by Gasteiger charge is -2.08. The lowest BCUT2D eigenvalue weighted by molar-refractivity contribution is -0.139. The van der Waals surface area contributed by atoms with Crippen molar-refractivity contribution in [3.63, 3.8) is 0 Å². The van der Waals surface area contributed by atoms with Gasteiger partial charge in [-0.05, 0) is 17.7 Å². The third-order valence-corrected chi connectivity index (χ3v) is 2.93. The second kappa shape index (κ2) is 6.14. The van der Waals surface area contributed by atoms with Crippen LogP contribution in [0.2, 0.25) is 0 Å². The molecule has 0 atom stereocenters. The van der Waals surface area contributed by atoms with Crippen molar-refractivity contribution in [3.8, 4) is 0 Å². The molecule has 2 aromatic rings. The number of aromatic nitrogens is 1. The Hall–Kier alpha value is -2.43. The van der Waals surface area contributed by atoms with E-state index in [0.717, 1.165) is 0 Å². The van der Waals surface area contributed by atoms with Crippen molar-refractivity contribution in [1.82, 2.24) is 4.57 Å². The lowest BCUT2D eigenvalue weighted by Crippen LogP contribution is -2.19. The van der Waals surface area contributed by atoms with Crippen LogP contribution in [0.1, 0.15) is 11.1 Å². The van der Waals surface area contributed by atoms with E-state index < -0.39 is 11.8 Å². The van der Waals surface area contributed by atoms with Crippen molar-refractivity contribution in [2.45, 2.75) is 13.0 Å². The van der Waals surface area contributed by atoms with Crippen LogP contribution in [0.4, 0.5) is 4.39 Å². The van der Waals surface area contributed by atoms with E-state index in [9.17, 15) is 14.0 Å². The highest BCUT2D eigenvalue weighted by molar-refractivity contribution is 5.72. The zero-order valence-corrected chi connectivity index (χ0v) is 11.0. The minimum Gasteiger partial charge on any atom is -0.469 e. The molecule has 0 radical (unpaired) electrons. The van der Waals surface area contributed by atoms with Crippen LogP contribution in [0.15, 0.2) is 47.4 Å². The Morgan fingerprint density at radius 1 is 1.30 bits per heavy atom. The molecular weight excluding hydrogens is 261 g/mol. The van der Waals surface area contributed by atoms with Crippen LogP contribution >= 0.6 is 0 Å². The molecule has 0 bridgehead atoms. The molecular formula is C15H14FNO3. The fourth-order valence-corrected chi connectivity index (χ4v) is 1.84. The summed E-state index contributed by atoms with van der Waals surface area (Å²) in [6.45, 7) is 0.157. The summed E-state index contributed by atoms with van der Waals surface area (Å²) >= 11 is 0. The summed E-state index contributed by atoms with van der Waals surface area (Å²) in [5.41, 5.74) is 0.746. The highest BCUT2D eigenvalue weighted by Crippen LogP contribution is 2.12. The number of pyridine rings is 1. The molecule has 20 heavy (non-hydrogen) atoms. The van der Waals surface area contributed by atoms with Crippen molar-refractivity contribution in [3.05, 3.63) is 69.9 Å². The Morgan fingerprint density at radius 3 is 2.75 bits per heavy atom. The molecule has 0 aliphatic rings. The minimum absolute atomic E-state index is 0.0268. The van der Waals surface area contributed by atoms with Crippen LogP contribution in [-0.2, 0) is 22.5 Å². The van der Waals surface area contributed by atoms with Gasteiger partial charge in [0.2, 0.25) is 0 Å². The predicted octanol–water partition coefficient (Wildman–Crippen LogP) is 1.75. The highest BCUT2D eigenvalue weighted by Gasteiger charge is 2.08. The van der Waals surface area contributed by atoms with Crippen molar-refractivity contribution in [2.75, 3.05) is 7.11 Å². The van der Waals surface area contributed by atoms with E-state index >= 15 is 0 Å². The second-order valence-electron chi connectivity index (χ2n) is 4.35. The first-order valence-electron chi connectivity index (χ1n) is 6.10. The molecule has 4 nitrogen and oxygen atoms in total. The summed E-state index contributed by atoms with van der Waals surface area (Å²) < 4.78 is 19.9. The molecule has 2 rings (SSSR count). The number of carbonyl (C=O) groups excluding carboxylic acids is 1. The zero-order valence-electron chi connectivity index (χ0n) is 11.0. The SMILES string of the molecule is COC(=O)Cc1ccc(Cn2ccccc2=O)c(F)c1. The number of hydrogen-bond donors (Lipinski definition) is 0. The van der Waals surface area contributed by atoms with Gasteiger partial charge in [0, 0.05) is 17.8 Å². The van der Waals surface area contributed by atoms with Crippen LogP contribution in [0.3, 0.4) is 0 Å². The number of hydrogen-bond acceptors (Lipinski definition) is 3. The van der Waals surface area contributed by atoms with Gasteiger partial charge in [-0.1, -0.05) is 18.2 Å². The van der Waals surface area contributed by atoms with E-state index in [4.69, 9.17) is 0 Å². The first kappa shape index (κ1) is 14.0. The number of methoxy groups -OCH3 is 1. The molecule has 0 saturated heterocycles. The Balaban J connectivity index is 2.20. The van der Waals surface area contributed by atoms with Crippen LogP contribution in [-0.4, -0.2) is 17.6 Å². The predicted molar refractivity (Wildman–Crippen MR) is 71.9 cm³/mol. The molecule has 0 saturated carbocycles. The Bertz CT molecular complexity index is 679. The Morgan fingerprint density at radius 2 is 2.10 bits per heavy atom. The molecule has 104 valence electrons. The zero-order chi connectivity index (χ0) is 14.5. The molecule has 0 N–H and O–H groups in total. The van der Waals surface area contributed by atoms with Crippen LogP contribution in [0.25, 0.3) is 0 Å². The van der Waals surface area contributed by atoms with Crippen molar-refractivity contribution < 1.29 is 13.9 Å². The number of nitrogens with zero attached hydrogens (tertiary/aromatic N) is 1. The smallest absolute Gasteiger partial charge is 0.309 e. The maximum atomic E-state index is 14.0. The number of ether oxygens (including phenoxy) is 1. The maximum absolute atomic E-state index is 14.0. The normalized spacial score (nSPS) is 10.3. The summed E-state index contributed by atoms with van der Waals surface area (Å²) in [6.07, 6.45) is 1.63. The third kappa shape index (κ3) is 3.32. The van der Waals surface area contributed by atoms with Crippen LogP contribution in [0, 0.1) is 5.82 Å². The second-order valence-corrected chi connectivity index (χ2v) is 4.35. The summed E-state index contributed by atoms with van der Waals surface area (Å²) in [5.74, 6) is -0.862. The van der Waals surface area contributed by atoms with E-state index in [0.29, 0.717) is 11.1 Å². The van der Waals surface area contributed by atoms with Gasteiger partial charge in [0.15, 0.2) is 0 Å². The molecule has 0 spiro atoms. The Kier molecular flexibility index (Phi) is 4.30. The van der Waals surface area contributed by atoms with Gasteiger partial charge in [-0.2, -0.15) is 0 Å². The monoisotopic (exact) mass is 275 g/mol. The van der Waals surface area contributed by atoms with Crippen LogP contribution < -0.4 is 5.56 Å². The van der Waals surface area contributed by atoms with Gasteiger partial charge in [-0.25, -0.2) is 4.39 Å². The number of benzene rings is 1. The van der Waals surface area contributed by atoms with E-state index in [1.807, 2.05) is 0 Å². The fourth-order valence-electron chi connectivity index (χ4n) is 1.84. The van der Waals surface area contributed by atoms with Gasteiger partial charge in [0.25, 0.3) is 5.56 Å². The minimum atomic E-state index is -0.442. The van der Waals surface area contributed by atoms with E-state index in [1.54, 1.807) is 30.5 Å². The average molecular weight is 275 g/mol. The van der Waals surface area contributed by atoms with Crippen molar-refractivity contribution in [1.29, 1.82) is 0 Å². The van der Waals surface area contributed by atoms with Crippen molar-refractivity contribution >= 4 is 5.97 Å². The summed E-state index contributed by atoms with van der Waals surface area (Å²) in [5, 5.41) is 0. The molecule has 0 fully saturated rings.